The first-order valence-corrected chi connectivity index (χ1v) is 5.01. The molecule has 1 heterocycles. The third-order valence-electron chi connectivity index (χ3n) is 2.30. The summed E-state index contributed by atoms with van der Waals surface area (Å²) >= 11 is 0. The highest BCUT2D eigenvalue weighted by Crippen LogP contribution is 2.09. The van der Waals surface area contributed by atoms with E-state index in [0.717, 1.165) is 16.5 Å². The molecule has 2 rings (SSSR count). The molecule has 0 fully saturated rings. The van der Waals surface area contributed by atoms with Gasteiger partial charge in [-0.15, -0.1) is 0 Å². The van der Waals surface area contributed by atoms with Crippen molar-refractivity contribution in [1.82, 2.24) is 9.97 Å². The van der Waals surface area contributed by atoms with Crippen LogP contribution in [0.5, 0.6) is 0 Å². The molecule has 0 N–H and O–H groups in total. The summed E-state index contributed by atoms with van der Waals surface area (Å²) in [5, 5.41) is 1.64. The first-order valence-electron chi connectivity index (χ1n) is 5.01. The lowest BCUT2D eigenvalue weighted by atomic mass is 10.1. The third-order valence-corrected chi connectivity index (χ3v) is 2.30. The van der Waals surface area contributed by atoms with Crippen LogP contribution in [0.15, 0.2) is 49.3 Å². The summed E-state index contributed by atoms with van der Waals surface area (Å²) in [6.07, 6.45) is 5.13. The number of aromatic nitrogens is 2. The summed E-state index contributed by atoms with van der Waals surface area (Å²) in [7, 11) is 0. The van der Waals surface area contributed by atoms with Gasteiger partial charge < -0.3 is 0 Å². The topological polar surface area (TPSA) is 25.8 Å². The predicted molar refractivity (Wildman–Crippen MR) is 66.9 cm³/mol. The van der Waals surface area contributed by atoms with E-state index in [1.54, 1.807) is 6.08 Å². The second-order valence-corrected chi connectivity index (χ2v) is 3.35. The Morgan fingerprint density at radius 1 is 1.06 bits per heavy atom. The predicted octanol–water partition coefficient (Wildman–Crippen LogP) is 1.52. The first kappa shape index (κ1) is 10.3. The van der Waals surface area contributed by atoms with Crippen LogP contribution in [-0.4, -0.2) is 9.97 Å². The molecule has 0 amide bonds. The lowest BCUT2D eigenvalue weighted by molar-refractivity contribution is 1.11. The van der Waals surface area contributed by atoms with E-state index in [2.05, 4.69) is 23.1 Å². The quantitative estimate of drug-likeness (QED) is 0.747. The number of allylic oxidation sites excluding steroid dienone is 1. The maximum Gasteiger partial charge on any atom is 0.116 e. The van der Waals surface area contributed by atoms with Crippen LogP contribution in [0.25, 0.3) is 23.9 Å². The molecule has 0 saturated carbocycles. The summed E-state index contributed by atoms with van der Waals surface area (Å²) < 4.78 is 0. The van der Waals surface area contributed by atoms with Gasteiger partial charge in [-0.1, -0.05) is 55.6 Å². The van der Waals surface area contributed by atoms with Crippen LogP contribution in [0.4, 0.5) is 0 Å². The van der Waals surface area contributed by atoms with Gasteiger partial charge in [-0.25, -0.2) is 9.97 Å². The van der Waals surface area contributed by atoms with E-state index in [9.17, 15) is 0 Å². The van der Waals surface area contributed by atoms with Gasteiger partial charge in [-0.3, -0.25) is 0 Å². The molecule has 78 valence electrons. The average molecular weight is 208 g/mol. The molecular weight excluding hydrogens is 196 g/mol. The molecule has 0 radical (unpaired) electrons. The molecule has 0 atom stereocenters. The van der Waals surface area contributed by atoms with Crippen LogP contribution >= 0.6 is 0 Å². The lowest BCUT2D eigenvalue weighted by Gasteiger charge is -2.00. The van der Waals surface area contributed by atoms with Crippen LogP contribution in [-0.2, 0) is 0 Å². The molecule has 0 saturated heterocycles. The maximum atomic E-state index is 4.30. The fraction of sp³-hybridized carbons (Fsp3) is 0. The van der Waals surface area contributed by atoms with Crippen molar-refractivity contribution in [2.75, 3.05) is 0 Å². The Morgan fingerprint density at radius 3 is 2.50 bits per heavy atom. The molecule has 1 aromatic heterocycles. The minimum Gasteiger partial charge on any atom is -0.237 e. The zero-order valence-electron chi connectivity index (χ0n) is 8.93. The molecule has 2 aromatic rings. The van der Waals surface area contributed by atoms with E-state index in [1.165, 1.54) is 6.33 Å². The van der Waals surface area contributed by atoms with Gasteiger partial charge in [0.15, 0.2) is 0 Å². The van der Waals surface area contributed by atoms with Crippen LogP contribution in [0.1, 0.15) is 0 Å². The van der Waals surface area contributed by atoms with Crippen molar-refractivity contribution in [1.29, 1.82) is 0 Å². The lowest BCUT2D eigenvalue weighted by Crippen LogP contribution is -2.29. The second kappa shape index (κ2) is 4.53. The Morgan fingerprint density at radius 2 is 1.81 bits per heavy atom. The smallest absolute Gasteiger partial charge is 0.116 e. The third kappa shape index (κ3) is 1.91. The minimum atomic E-state index is 0.716. The van der Waals surface area contributed by atoms with Crippen molar-refractivity contribution < 1.29 is 0 Å². The summed E-state index contributed by atoms with van der Waals surface area (Å²) in [6.45, 7) is 7.59. The Kier molecular flexibility index (Phi) is 2.92. The molecule has 2 heteroatoms. The Hall–Kier alpha value is -2.22. The van der Waals surface area contributed by atoms with E-state index < -0.39 is 0 Å². The van der Waals surface area contributed by atoms with Gasteiger partial charge in [0, 0.05) is 10.8 Å². The van der Waals surface area contributed by atoms with E-state index in [4.69, 9.17) is 0 Å². The number of nitrogens with zero attached hydrogens (tertiary/aromatic N) is 2. The number of rotatable bonds is 2. The zero-order valence-corrected chi connectivity index (χ0v) is 8.93. The van der Waals surface area contributed by atoms with Crippen molar-refractivity contribution in [3.05, 3.63) is 59.9 Å². The van der Waals surface area contributed by atoms with Gasteiger partial charge in [0.1, 0.15) is 6.33 Å². The van der Waals surface area contributed by atoms with E-state index in [-0.39, 0.29) is 0 Å². The maximum absolute atomic E-state index is 4.30. The highest BCUT2D eigenvalue weighted by molar-refractivity contribution is 5.61. The number of hydrogen-bond acceptors (Lipinski definition) is 2. The molecule has 1 aromatic carbocycles. The zero-order chi connectivity index (χ0) is 11.4. The fourth-order valence-electron chi connectivity index (χ4n) is 1.55. The molecule has 2 nitrogen and oxygen atoms in total. The average Bonchev–Trinajstić information content (AvgIpc) is 2.33. The standard InChI is InChI=1S/C14H12N2/c1-3-7-13-11(2)15-10-16-14(13)12-8-5-4-6-9-12/h3-10H,1-2H2/b13-7+. The molecule has 0 spiro atoms. The molecule has 0 unspecified atom stereocenters. The highest BCUT2D eigenvalue weighted by Gasteiger charge is 2.00. The molecule has 0 bridgehead atoms. The van der Waals surface area contributed by atoms with Gasteiger partial charge in [0.25, 0.3) is 0 Å². The summed E-state index contributed by atoms with van der Waals surface area (Å²) in [4.78, 5) is 8.38. The van der Waals surface area contributed by atoms with Crippen LogP contribution < -0.4 is 10.6 Å². The largest absolute Gasteiger partial charge is 0.237 e. The van der Waals surface area contributed by atoms with Gasteiger partial charge in [0.2, 0.25) is 0 Å². The fourth-order valence-corrected chi connectivity index (χ4v) is 1.55. The van der Waals surface area contributed by atoms with Crippen molar-refractivity contribution in [3.63, 3.8) is 0 Å². The Balaban J connectivity index is 2.76. The van der Waals surface area contributed by atoms with Crippen LogP contribution in [0.3, 0.4) is 0 Å². The van der Waals surface area contributed by atoms with Gasteiger partial charge in [-0.2, -0.15) is 0 Å². The Labute approximate surface area is 94.3 Å². The molecule has 0 aliphatic rings. The highest BCUT2D eigenvalue weighted by atomic mass is 14.8. The van der Waals surface area contributed by atoms with Gasteiger partial charge in [0.05, 0.1) is 11.0 Å². The number of benzene rings is 1. The van der Waals surface area contributed by atoms with E-state index >= 15 is 0 Å². The van der Waals surface area contributed by atoms with Crippen LogP contribution in [0, 0.1) is 0 Å². The Bertz CT molecular complexity index is 600. The molecule has 0 aliphatic heterocycles. The van der Waals surface area contributed by atoms with Crippen molar-refractivity contribution in [2.24, 2.45) is 0 Å². The second-order valence-electron chi connectivity index (χ2n) is 3.35. The molecule has 0 aliphatic carbocycles. The van der Waals surface area contributed by atoms with Crippen LogP contribution in [0.2, 0.25) is 0 Å². The van der Waals surface area contributed by atoms with E-state index in [1.807, 2.05) is 36.4 Å². The number of hydrogen-bond donors (Lipinski definition) is 0. The monoisotopic (exact) mass is 208 g/mol. The summed E-state index contributed by atoms with van der Waals surface area (Å²) in [5.41, 5.74) is 1.95. The van der Waals surface area contributed by atoms with Crippen molar-refractivity contribution in [3.8, 4) is 11.3 Å². The molecular formula is C14H12N2. The van der Waals surface area contributed by atoms with Crippen molar-refractivity contribution >= 4 is 12.7 Å². The van der Waals surface area contributed by atoms with Crippen molar-refractivity contribution in [2.45, 2.75) is 0 Å². The van der Waals surface area contributed by atoms with Gasteiger partial charge >= 0.3 is 0 Å². The SMILES string of the molecule is C=C/C=c1/c(-c2ccccc2)ncnc1=C. The van der Waals surface area contributed by atoms with Gasteiger partial charge in [-0.05, 0) is 0 Å². The van der Waals surface area contributed by atoms with E-state index in [0.29, 0.717) is 5.35 Å². The summed E-state index contributed by atoms with van der Waals surface area (Å²) in [5.74, 6) is 0. The molecule has 16 heavy (non-hydrogen) atoms. The first-order chi connectivity index (χ1) is 7.83. The summed E-state index contributed by atoms with van der Waals surface area (Å²) in [6, 6.07) is 9.98. The normalized spacial score (nSPS) is 11.4. The minimum absolute atomic E-state index is 0.716.